The number of aromatic hydroxyl groups is 2. The standard InChI is InChI=1S/C22H23NO5/c1-13(8-9-15-6-4-3-5-7-15)23-20(26)12-17-14(2)21-18(25)10-16(24)11-19(21)28-22(17)27/h3-7,10-11,13,24-25H,8-9,12H2,1-2H3,(H,23,26)/t13-/m0/s1. The summed E-state index contributed by atoms with van der Waals surface area (Å²) in [7, 11) is 0. The molecule has 0 aliphatic heterocycles. The van der Waals surface area contributed by atoms with Crippen molar-refractivity contribution in [3.8, 4) is 11.5 Å². The Labute approximate surface area is 162 Å². The van der Waals surface area contributed by atoms with Crippen LogP contribution in [0.3, 0.4) is 0 Å². The first-order chi connectivity index (χ1) is 13.3. The van der Waals surface area contributed by atoms with Crippen LogP contribution in [0.5, 0.6) is 11.5 Å². The van der Waals surface area contributed by atoms with Gasteiger partial charge in [0.25, 0.3) is 0 Å². The summed E-state index contributed by atoms with van der Waals surface area (Å²) in [6, 6.07) is 12.4. The van der Waals surface area contributed by atoms with Crippen LogP contribution in [0.1, 0.15) is 30.0 Å². The normalized spacial score (nSPS) is 12.1. The molecule has 6 nitrogen and oxygen atoms in total. The highest BCUT2D eigenvalue weighted by Gasteiger charge is 2.18. The average Bonchev–Trinajstić information content (AvgIpc) is 2.63. The van der Waals surface area contributed by atoms with E-state index in [4.69, 9.17) is 4.42 Å². The molecule has 3 aromatic rings. The molecule has 1 amide bonds. The third-order valence-electron chi connectivity index (χ3n) is 4.80. The fourth-order valence-corrected chi connectivity index (χ4v) is 3.30. The minimum absolute atomic E-state index is 0.0501. The second-order valence-corrected chi connectivity index (χ2v) is 7.00. The van der Waals surface area contributed by atoms with Crippen LogP contribution in [0.4, 0.5) is 0 Å². The van der Waals surface area contributed by atoms with Crippen molar-refractivity contribution in [2.24, 2.45) is 0 Å². The monoisotopic (exact) mass is 381 g/mol. The number of carbonyl (C=O) groups is 1. The number of phenols is 2. The second kappa shape index (κ2) is 8.17. The van der Waals surface area contributed by atoms with Gasteiger partial charge in [0.1, 0.15) is 17.1 Å². The van der Waals surface area contributed by atoms with E-state index >= 15 is 0 Å². The minimum Gasteiger partial charge on any atom is -0.508 e. The number of benzene rings is 2. The van der Waals surface area contributed by atoms with Crippen LogP contribution in [0.2, 0.25) is 0 Å². The molecule has 0 saturated carbocycles. The van der Waals surface area contributed by atoms with Gasteiger partial charge in [0.05, 0.1) is 17.4 Å². The van der Waals surface area contributed by atoms with Crippen molar-refractivity contribution in [1.29, 1.82) is 0 Å². The predicted octanol–water partition coefficient (Wildman–Crippen LogP) is 3.19. The van der Waals surface area contributed by atoms with E-state index in [1.165, 1.54) is 17.7 Å². The summed E-state index contributed by atoms with van der Waals surface area (Å²) >= 11 is 0. The lowest BCUT2D eigenvalue weighted by Gasteiger charge is -2.15. The van der Waals surface area contributed by atoms with E-state index in [9.17, 15) is 19.8 Å². The van der Waals surface area contributed by atoms with Crippen molar-refractivity contribution in [2.45, 2.75) is 39.2 Å². The summed E-state index contributed by atoms with van der Waals surface area (Å²) in [4.78, 5) is 24.7. The van der Waals surface area contributed by atoms with Crippen molar-refractivity contribution < 1.29 is 19.4 Å². The lowest BCUT2D eigenvalue weighted by molar-refractivity contribution is -0.121. The fraction of sp³-hybridized carbons (Fsp3) is 0.273. The highest BCUT2D eigenvalue weighted by Crippen LogP contribution is 2.32. The maximum atomic E-state index is 12.4. The van der Waals surface area contributed by atoms with Crippen LogP contribution in [-0.2, 0) is 17.6 Å². The number of aryl methyl sites for hydroxylation is 2. The van der Waals surface area contributed by atoms with Crippen molar-refractivity contribution >= 4 is 16.9 Å². The third kappa shape index (κ3) is 4.34. The molecule has 0 aliphatic rings. The first-order valence-corrected chi connectivity index (χ1v) is 9.16. The van der Waals surface area contributed by atoms with Gasteiger partial charge < -0.3 is 19.9 Å². The van der Waals surface area contributed by atoms with E-state index in [2.05, 4.69) is 5.32 Å². The van der Waals surface area contributed by atoms with Gasteiger partial charge >= 0.3 is 5.63 Å². The molecule has 1 atom stereocenters. The van der Waals surface area contributed by atoms with Gasteiger partial charge in [-0.1, -0.05) is 30.3 Å². The van der Waals surface area contributed by atoms with Gasteiger partial charge in [0.15, 0.2) is 0 Å². The SMILES string of the molecule is Cc1c(CC(=O)N[C@@H](C)CCc2ccccc2)c(=O)oc2cc(O)cc(O)c12. The Morgan fingerprint density at radius 3 is 2.61 bits per heavy atom. The lowest BCUT2D eigenvalue weighted by atomic mass is 10.0. The first kappa shape index (κ1) is 19.5. The largest absolute Gasteiger partial charge is 0.508 e. The first-order valence-electron chi connectivity index (χ1n) is 9.16. The summed E-state index contributed by atoms with van der Waals surface area (Å²) in [5.74, 6) is -0.687. The number of phenolic OH excluding ortho intramolecular Hbond substituents is 2. The van der Waals surface area contributed by atoms with Crippen LogP contribution in [0.25, 0.3) is 11.0 Å². The molecular weight excluding hydrogens is 358 g/mol. The number of hydrogen-bond donors (Lipinski definition) is 3. The zero-order valence-electron chi connectivity index (χ0n) is 15.9. The third-order valence-corrected chi connectivity index (χ3v) is 4.80. The highest BCUT2D eigenvalue weighted by molar-refractivity contribution is 5.90. The highest BCUT2D eigenvalue weighted by atomic mass is 16.4. The summed E-state index contributed by atoms with van der Waals surface area (Å²) in [6.45, 7) is 3.57. The summed E-state index contributed by atoms with van der Waals surface area (Å²) in [5, 5.41) is 22.9. The zero-order chi connectivity index (χ0) is 20.3. The van der Waals surface area contributed by atoms with Gasteiger partial charge in [0.2, 0.25) is 5.91 Å². The molecule has 0 spiro atoms. The minimum atomic E-state index is -0.651. The number of amides is 1. The van der Waals surface area contributed by atoms with Crippen LogP contribution >= 0.6 is 0 Å². The zero-order valence-corrected chi connectivity index (χ0v) is 15.9. The maximum absolute atomic E-state index is 12.4. The Hall–Kier alpha value is -3.28. The predicted molar refractivity (Wildman–Crippen MR) is 107 cm³/mol. The Morgan fingerprint density at radius 2 is 1.89 bits per heavy atom. The maximum Gasteiger partial charge on any atom is 0.340 e. The van der Waals surface area contributed by atoms with Crippen molar-refractivity contribution in [1.82, 2.24) is 5.32 Å². The Kier molecular flexibility index (Phi) is 5.68. The quantitative estimate of drug-likeness (QED) is 0.570. The van der Waals surface area contributed by atoms with E-state index in [1.807, 2.05) is 37.3 Å². The molecule has 0 aliphatic carbocycles. The molecule has 3 N–H and O–H groups in total. The van der Waals surface area contributed by atoms with Crippen LogP contribution in [-0.4, -0.2) is 22.2 Å². The van der Waals surface area contributed by atoms with E-state index in [0.29, 0.717) is 10.9 Å². The molecule has 146 valence electrons. The molecule has 0 radical (unpaired) electrons. The molecular formula is C22H23NO5. The smallest absolute Gasteiger partial charge is 0.340 e. The number of nitrogens with one attached hydrogen (secondary N) is 1. The van der Waals surface area contributed by atoms with Crippen LogP contribution in [0, 0.1) is 6.92 Å². The fourth-order valence-electron chi connectivity index (χ4n) is 3.30. The van der Waals surface area contributed by atoms with Gasteiger partial charge in [-0.2, -0.15) is 0 Å². The summed E-state index contributed by atoms with van der Waals surface area (Å²) in [6.07, 6.45) is 1.48. The number of rotatable bonds is 6. The van der Waals surface area contributed by atoms with E-state index in [1.54, 1.807) is 6.92 Å². The second-order valence-electron chi connectivity index (χ2n) is 7.00. The average molecular weight is 381 g/mol. The molecule has 2 aromatic carbocycles. The number of hydrogen-bond acceptors (Lipinski definition) is 5. The summed E-state index contributed by atoms with van der Waals surface area (Å²) in [5.41, 5.74) is 1.30. The van der Waals surface area contributed by atoms with Crippen LogP contribution in [0.15, 0.2) is 51.7 Å². The van der Waals surface area contributed by atoms with Crippen LogP contribution < -0.4 is 10.9 Å². The molecule has 1 heterocycles. The molecule has 3 rings (SSSR count). The number of carbonyl (C=O) groups excluding carboxylic acids is 1. The number of fused-ring (bicyclic) bond motifs is 1. The Morgan fingerprint density at radius 1 is 1.18 bits per heavy atom. The lowest BCUT2D eigenvalue weighted by Crippen LogP contribution is -2.35. The van der Waals surface area contributed by atoms with Crippen molar-refractivity contribution in [3.63, 3.8) is 0 Å². The van der Waals surface area contributed by atoms with Gasteiger partial charge in [-0.15, -0.1) is 0 Å². The van der Waals surface area contributed by atoms with Crippen molar-refractivity contribution in [2.75, 3.05) is 0 Å². The summed E-state index contributed by atoms with van der Waals surface area (Å²) < 4.78 is 5.19. The molecule has 0 fully saturated rings. The van der Waals surface area contributed by atoms with E-state index in [0.717, 1.165) is 12.8 Å². The molecule has 0 bridgehead atoms. The Balaban J connectivity index is 1.71. The molecule has 0 saturated heterocycles. The van der Waals surface area contributed by atoms with Crippen molar-refractivity contribution in [3.05, 3.63) is 69.6 Å². The van der Waals surface area contributed by atoms with Gasteiger partial charge in [-0.25, -0.2) is 4.79 Å². The topological polar surface area (TPSA) is 99.8 Å². The van der Waals surface area contributed by atoms with Gasteiger partial charge in [0, 0.05) is 18.2 Å². The van der Waals surface area contributed by atoms with Gasteiger partial charge in [-0.05, 0) is 37.8 Å². The molecule has 0 unspecified atom stereocenters. The van der Waals surface area contributed by atoms with Gasteiger partial charge in [-0.3, -0.25) is 4.79 Å². The van der Waals surface area contributed by atoms with E-state index < -0.39 is 5.63 Å². The molecule has 28 heavy (non-hydrogen) atoms. The molecule has 1 aromatic heterocycles. The van der Waals surface area contributed by atoms with E-state index in [-0.39, 0.29) is 41.0 Å². The Bertz CT molecular complexity index is 1060. The molecule has 6 heteroatoms.